The van der Waals surface area contributed by atoms with Gasteiger partial charge in [0.05, 0.1) is 20.1 Å². The fourth-order valence-corrected chi connectivity index (χ4v) is 4.66. The van der Waals surface area contributed by atoms with Crippen molar-refractivity contribution in [2.24, 2.45) is 5.73 Å². The van der Waals surface area contributed by atoms with E-state index in [4.69, 9.17) is 24.7 Å². The lowest BCUT2D eigenvalue weighted by molar-refractivity contribution is -0.116. The van der Waals surface area contributed by atoms with Crippen LogP contribution in [-0.4, -0.2) is 20.0 Å². The molecule has 0 spiro atoms. The molecule has 7 nitrogen and oxygen atoms in total. The van der Waals surface area contributed by atoms with E-state index in [1.165, 1.54) is 0 Å². The van der Waals surface area contributed by atoms with Crippen LogP contribution in [0.1, 0.15) is 47.4 Å². The summed E-state index contributed by atoms with van der Waals surface area (Å²) in [7, 11) is 3.16. The van der Waals surface area contributed by atoms with Crippen LogP contribution in [0.2, 0.25) is 0 Å². The van der Waals surface area contributed by atoms with E-state index in [1.54, 1.807) is 14.2 Å². The van der Waals surface area contributed by atoms with Crippen LogP contribution in [0.3, 0.4) is 0 Å². The summed E-state index contributed by atoms with van der Waals surface area (Å²) in [4.78, 5) is 12.9. The molecule has 0 aromatic heterocycles. The van der Waals surface area contributed by atoms with E-state index in [-0.39, 0.29) is 23.8 Å². The molecule has 0 fully saturated rings. The summed E-state index contributed by atoms with van der Waals surface area (Å²) in [5.41, 5.74) is 10.7. The average molecular weight is 461 g/mol. The number of hydrogen-bond acceptors (Lipinski definition) is 7. The second-order valence-corrected chi connectivity index (χ2v) is 8.45. The molecular formula is C27H28N2O5. The Balaban J connectivity index is 1.77. The zero-order chi connectivity index (χ0) is 24.4. The third-order valence-electron chi connectivity index (χ3n) is 6.40. The summed E-state index contributed by atoms with van der Waals surface area (Å²) >= 11 is 0. The number of para-hydroxylation sites is 1. The van der Waals surface area contributed by atoms with Gasteiger partial charge in [0.1, 0.15) is 24.0 Å². The van der Waals surface area contributed by atoms with Crippen LogP contribution in [0.15, 0.2) is 53.1 Å². The molecule has 1 atom stereocenters. The Morgan fingerprint density at radius 1 is 1.12 bits per heavy atom. The molecule has 0 bridgehead atoms. The molecule has 7 heteroatoms. The maximum absolute atomic E-state index is 12.9. The van der Waals surface area contributed by atoms with Gasteiger partial charge < -0.3 is 24.7 Å². The maximum Gasteiger partial charge on any atom is 0.205 e. The summed E-state index contributed by atoms with van der Waals surface area (Å²) in [6, 6.07) is 11.7. The number of nitriles is 1. The van der Waals surface area contributed by atoms with Gasteiger partial charge in [-0.3, -0.25) is 4.79 Å². The van der Waals surface area contributed by atoms with E-state index in [1.807, 2.05) is 44.2 Å². The predicted molar refractivity (Wildman–Crippen MR) is 126 cm³/mol. The molecule has 0 radical (unpaired) electrons. The first kappa shape index (κ1) is 23.2. The zero-order valence-electron chi connectivity index (χ0n) is 19.9. The molecule has 1 heterocycles. The van der Waals surface area contributed by atoms with Crippen LogP contribution < -0.4 is 19.9 Å². The van der Waals surface area contributed by atoms with Crippen LogP contribution in [0, 0.1) is 25.2 Å². The number of carbonyl (C=O) groups excluding carboxylic acids is 1. The number of aryl methyl sites for hydroxylation is 2. The maximum atomic E-state index is 12.9. The minimum absolute atomic E-state index is 0.00281. The highest BCUT2D eigenvalue weighted by atomic mass is 16.5. The predicted octanol–water partition coefficient (Wildman–Crippen LogP) is 4.71. The van der Waals surface area contributed by atoms with Gasteiger partial charge in [-0.15, -0.1) is 0 Å². The number of nitrogens with zero attached hydrogens (tertiary/aromatic N) is 1. The second-order valence-electron chi connectivity index (χ2n) is 8.45. The lowest BCUT2D eigenvalue weighted by Gasteiger charge is -2.32. The number of carbonyl (C=O) groups is 1. The number of ketones is 1. The Labute approximate surface area is 199 Å². The number of nitrogens with two attached hydrogens (primary N) is 1. The molecule has 2 aliphatic rings. The number of benzene rings is 2. The molecule has 176 valence electrons. The molecule has 1 aliphatic carbocycles. The molecule has 0 saturated carbocycles. The standard InChI is InChI=1S/C27H28N2O5/c1-15-11-16(2)18(12-17(15)14-33-26-22(31-3)9-6-10-23(26)32-4)24-19(13-28)27(29)34-21-8-5-7-20(30)25(21)24/h6,9-12,24H,5,7-8,14,29H2,1-4H3/t24-/m1/s1. The van der Waals surface area contributed by atoms with Crippen molar-refractivity contribution < 1.29 is 23.7 Å². The normalized spacial score (nSPS) is 17.6. The topological polar surface area (TPSA) is 104 Å². The van der Waals surface area contributed by atoms with Crippen LogP contribution in [0.4, 0.5) is 0 Å². The quantitative estimate of drug-likeness (QED) is 0.665. The lowest BCUT2D eigenvalue weighted by atomic mass is 9.75. The average Bonchev–Trinajstić information content (AvgIpc) is 2.82. The molecular weight excluding hydrogens is 432 g/mol. The van der Waals surface area contributed by atoms with Gasteiger partial charge in [0, 0.05) is 18.4 Å². The third kappa shape index (κ3) is 4.08. The molecule has 2 aromatic rings. The molecule has 4 rings (SSSR count). The number of allylic oxidation sites excluding steroid dienone is 3. The van der Waals surface area contributed by atoms with Crippen LogP contribution in [0.25, 0.3) is 0 Å². The Bertz CT molecular complexity index is 1230. The van der Waals surface area contributed by atoms with E-state index in [2.05, 4.69) is 6.07 Å². The van der Waals surface area contributed by atoms with Gasteiger partial charge in [-0.25, -0.2) is 0 Å². The highest BCUT2D eigenvalue weighted by Crippen LogP contribution is 2.45. The van der Waals surface area contributed by atoms with Gasteiger partial charge in [0.25, 0.3) is 0 Å². The van der Waals surface area contributed by atoms with E-state index >= 15 is 0 Å². The van der Waals surface area contributed by atoms with Crippen molar-refractivity contribution in [2.45, 2.75) is 45.6 Å². The minimum Gasteiger partial charge on any atom is -0.493 e. The molecule has 34 heavy (non-hydrogen) atoms. The number of hydrogen-bond donors (Lipinski definition) is 1. The van der Waals surface area contributed by atoms with Crippen LogP contribution >= 0.6 is 0 Å². The Morgan fingerprint density at radius 3 is 2.47 bits per heavy atom. The Kier molecular flexibility index (Phi) is 6.51. The summed E-state index contributed by atoms with van der Waals surface area (Å²) in [6.07, 6.45) is 1.78. The minimum atomic E-state index is -0.554. The summed E-state index contributed by atoms with van der Waals surface area (Å²) in [5, 5.41) is 9.90. The van der Waals surface area contributed by atoms with Gasteiger partial charge in [-0.2, -0.15) is 5.26 Å². The number of rotatable bonds is 6. The first-order chi connectivity index (χ1) is 16.4. The highest BCUT2D eigenvalue weighted by molar-refractivity contribution is 5.99. The first-order valence-electron chi connectivity index (χ1n) is 11.2. The van der Waals surface area contributed by atoms with Gasteiger partial charge in [-0.1, -0.05) is 18.2 Å². The SMILES string of the molecule is COc1cccc(OC)c1OCc1cc([C@@H]2C(C#N)=C(N)OC3=C2C(=O)CCC3)c(C)cc1C. The summed E-state index contributed by atoms with van der Waals surface area (Å²) in [6.45, 7) is 4.23. The van der Waals surface area contributed by atoms with Crippen molar-refractivity contribution in [1.29, 1.82) is 5.26 Å². The van der Waals surface area contributed by atoms with E-state index in [0.717, 1.165) is 22.3 Å². The Morgan fingerprint density at radius 2 is 1.82 bits per heavy atom. The van der Waals surface area contributed by atoms with E-state index in [0.29, 0.717) is 47.8 Å². The Hall–Kier alpha value is -3.92. The lowest BCUT2D eigenvalue weighted by Crippen LogP contribution is -2.28. The fourth-order valence-electron chi connectivity index (χ4n) is 4.66. The van der Waals surface area contributed by atoms with Crippen LogP contribution in [-0.2, 0) is 16.1 Å². The van der Waals surface area contributed by atoms with E-state index in [9.17, 15) is 10.1 Å². The molecule has 2 aromatic carbocycles. The summed E-state index contributed by atoms with van der Waals surface area (Å²) < 4.78 is 22.7. The molecule has 0 saturated heterocycles. The van der Waals surface area contributed by atoms with Gasteiger partial charge in [0.2, 0.25) is 11.6 Å². The van der Waals surface area contributed by atoms with Crippen molar-refractivity contribution in [3.63, 3.8) is 0 Å². The smallest absolute Gasteiger partial charge is 0.205 e. The fraction of sp³-hybridized carbons (Fsp3) is 0.333. The van der Waals surface area contributed by atoms with Crippen molar-refractivity contribution in [1.82, 2.24) is 0 Å². The first-order valence-corrected chi connectivity index (χ1v) is 11.2. The zero-order valence-corrected chi connectivity index (χ0v) is 19.9. The van der Waals surface area contributed by atoms with Crippen LogP contribution in [0.5, 0.6) is 17.2 Å². The molecule has 0 amide bonds. The van der Waals surface area contributed by atoms with Gasteiger partial charge in [-0.05, 0) is 54.7 Å². The largest absolute Gasteiger partial charge is 0.493 e. The van der Waals surface area contributed by atoms with Gasteiger partial charge >= 0.3 is 0 Å². The van der Waals surface area contributed by atoms with Crippen molar-refractivity contribution >= 4 is 5.78 Å². The molecule has 1 aliphatic heterocycles. The van der Waals surface area contributed by atoms with Crippen molar-refractivity contribution in [3.8, 4) is 23.3 Å². The summed E-state index contributed by atoms with van der Waals surface area (Å²) in [5.74, 6) is 1.74. The molecule has 0 unspecified atom stereocenters. The third-order valence-corrected chi connectivity index (χ3v) is 6.40. The van der Waals surface area contributed by atoms with Crippen molar-refractivity contribution in [2.75, 3.05) is 14.2 Å². The van der Waals surface area contributed by atoms with Gasteiger partial charge in [0.15, 0.2) is 17.3 Å². The second kappa shape index (κ2) is 9.52. The van der Waals surface area contributed by atoms with E-state index < -0.39 is 5.92 Å². The van der Waals surface area contributed by atoms with Crippen molar-refractivity contribution in [3.05, 3.63) is 75.4 Å². The number of ether oxygens (including phenoxy) is 4. The monoisotopic (exact) mass is 460 g/mol. The molecule has 2 N–H and O–H groups in total. The number of Topliss-reactive ketones (excluding diaryl/α,β-unsaturated/α-hetero) is 1. The highest BCUT2D eigenvalue weighted by Gasteiger charge is 2.38. The number of methoxy groups -OCH3 is 2.